The van der Waals surface area contributed by atoms with Gasteiger partial charge in [-0.3, -0.25) is 4.79 Å². The monoisotopic (exact) mass is 176 g/mol. The van der Waals surface area contributed by atoms with Crippen LogP contribution >= 0.6 is 15.9 Å². The Balaban J connectivity index is 2.06. The molecule has 46 valence electrons. The number of hydrogen-bond acceptors (Lipinski definition) is 1. The van der Waals surface area contributed by atoms with Gasteiger partial charge in [-0.1, -0.05) is 15.9 Å². The smallest absolute Gasteiger partial charge is 0.133 e. The summed E-state index contributed by atoms with van der Waals surface area (Å²) in [5, 5.41) is 1.05. The lowest BCUT2D eigenvalue weighted by molar-refractivity contribution is -0.126. The Morgan fingerprint density at radius 2 is 2.25 bits per heavy atom. The Morgan fingerprint density at radius 1 is 1.62 bits per heavy atom. The van der Waals surface area contributed by atoms with E-state index < -0.39 is 0 Å². The molecule has 1 fully saturated rings. The Labute approximate surface area is 57.6 Å². The molecule has 0 saturated heterocycles. The van der Waals surface area contributed by atoms with E-state index in [1.54, 1.807) is 0 Å². The van der Waals surface area contributed by atoms with Crippen LogP contribution in [0, 0.1) is 5.92 Å². The number of halogens is 1. The van der Waals surface area contributed by atoms with E-state index in [9.17, 15) is 4.79 Å². The molecule has 0 aromatic carbocycles. The minimum absolute atomic E-state index is 0.441. The molecule has 8 heavy (non-hydrogen) atoms. The average Bonchev–Trinajstić information content (AvgIpc) is 1.64. The van der Waals surface area contributed by atoms with E-state index in [1.165, 1.54) is 6.42 Å². The molecule has 1 aliphatic carbocycles. The molecule has 0 aromatic rings. The third-order valence-electron chi connectivity index (χ3n) is 1.55. The SMILES string of the molecule is O=C1CC(CCBr)C1. The summed E-state index contributed by atoms with van der Waals surface area (Å²) >= 11 is 3.33. The fourth-order valence-corrected chi connectivity index (χ4v) is 1.59. The summed E-state index contributed by atoms with van der Waals surface area (Å²) in [6.07, 6.45) is 2.85. The highest BCUT2D eigenvalue weighted by Gasteiger charge is 2.24. The van der Waals surface area contributed by atoms with Crippen LogP contribution in [-0.2, 0) is 4.79 Å². The molecule has 0 spiro atoms. The summed E-state index contributed by atoms with van der Waals surface area (Å²) in [7, 11) is 0. The van der Waals surface area contributed by atoms with Gasteiger partial charge in [-0.25, -0.2) is 0 Å². The maximum absolute atomic E-state index is 10.4. The second-order valence-electron chi connectivity index (χ2n) is 2.29. The van der Waals surface area contributed by atoms with Crippen molar-refractivity contribution in [1.29, 1.82) is 0 Å². The lowest BCUT2D eigenvalue weighted by atomic mass is 9.82. The second-order valence-corrected chi connectivity index (χ2v) is 3.08. The van der Waals surface area contributed by atoms with Crippen molar-refractivity contribution in [2.75, 3.05) is 5.33 Å². The van der Waals surface area contributed by atoms with Gasteiger partial charge in [-0.15, -0.1) is 0 Å². The summed E-state index contributed by atoms with van der Waals surface area (Å²) < 4.78 is 0. The first-order chi connectivity index (χ1) is 3.83. The van der Waals surface area contributed by atoms with Crippen molar-refractivity contribution in [3.8, 4) is 0 Å². The standard InChI is InChI=1S/C6H9BrO/c7-2-1-5-3-6(8)4-5/h5H,1-4H2. The molecule has 1 nitrogen and oxygen atoms in total. The van der Waals surface area contributed by atoms with Gasteiger partial charge in [0.05, 0.1) is 0 Å². The van der Waals surface area contributed by atoms with Crippen LogP contribution in [0.2, 0.25) is 0 Å². The number of carbonyl (C=O) groups is 1. The molecule has 0 unspecified atom stereocenters. The molecule has 0 N–H and O–H groups in total. The zero-order chi connectivity index (χ0) is 5.98. The fourth-order valence-electron chi connectivity index (χ4n) is 0.943. The first-order valence-electron chi connectivity index (χ1n) is 2.90. The van der Waals surface area contributed by atoms with Crippen molar-refractivity contribution < 1.29 is 4.79 Å². The van der Waals surface area contributed by atoms with Crippen molar-refractivity contribution in [1.82, 2.24) is 0 Å². The Bertz CT molecular complexity index is 92.7. The van der Waals surface area contributed by atoms with Gasteiger partial charge in [0, 0.05) is 18.2 Å². The lowest BCUT2D eigenvalue weighted by Crippen LogP contribution is -2.23. The maximum Gasteiger partial charge on any atom is 0.133 e. The molecule has 0 radical (unpaired) electrons. The molecule has 0 aromatic heterocycles. The van der Waals surface area contributed by atoms with Crippen molar-refractivity contribution in [3.05, 3.63) is 0 Å². The predicted molar refractivity (Wildman–Crippen MR) is 36.1 cm³/mol. The Morgan fingerprint density at radius 3 is 2.62 bits per heavy atom. The van der Waals surface area contributed by atoms with Gasteiger partial charge < -0.3 is 0 Å². The van der Waals surface area contributed by atoms with Crippen LogP contribution in [0.15, 0.2) is 0 Å². The number of hydrogen-bond donors (Lipinski definition) is 0. The third-order valence-corrected chi connectivity index (χ3v) is 2.01. The van der Waals surface area contributed by atoms with Crippen molar-refractivity contribution in [3.63, 3.8) is 0 Å². The predicted octanol–water partition coefficient (Wildman–Crippen LogP) is 1.75. The highest BCUT2D eigenvalue weighted by Crippen LogP contribution is 2.26. The van der Waals surface area contributed by atoms with Gasteiger partial charge in [0.25, 0.3) is 0 Å². The van der Waals surface area contributed by atoms with Crippen molar-refractivity contribution in [2.45, 2.75) is 19.3 Å². The molecule has 2 heteroatoms. The Kier molecular flexibility index (Phi) is 2.06. The molecule has 0 aliphatic heterocycles. The number of alkyl halides is 1. The zero-order valence-corrected chi connectivity index (χ0v) is 6.28. The number of rotatable bonds is 2. The van der Waals surface area contributed by atoms with E-state index in [2.05, 4.69) is 15.9 Å². The second kappa shape index (κ2) is 2.62. The van der Waals surface area contributed by atoms with Crippen LogP contribution in [0.4, 0.5) is 0 Å². The molecular formula is C6H9BrO. The van der Waals surface area contributed by atoms with E-state index in [-0.39, 0.29) is 0 Å². The Hall–Kier alpha value is 0.150. The maximum atomic E-state index is 10.4. The summed E-state index contributed by atoms with van der Waals surface area (Å²) in [5.74, 6) is 1.15. The molecule has 0 heterocycles. The summed E-state index contributed by atoms with van der Waals surface area (Å²) in [6, 6.07) is 0. The highest BCUT2D eigenvalue weighted by atomic mass is 79.9. The number of Topliss-reactive ketones (excluding diaryl/α,β-unsaturated/α-hetero) is 1. The molecule has 0 atom stereocenters. The van der Waals surface area contributed by atoms with Crippen LogP contribution in [0.5, 0.6) is 0 Å². The van der Waals surface area contributed by atoms with Gasteiger partial charge in [-0.2, -0.15) is 0 Å². The van der Waals surface area contributed by atoms with E-state index in [4.69, 9.17) is 0 Å². The largest absolute Gasteiger partial charge is 0.300 e. The van der Waals surface area contributed by atoms with Gasteiger partial charge in [0.15, 0.2) is 0 Å². The molecule has 0 amide bonds. The molecule has 1 aliphatic rings. The van der Waals surface area contributed by atoms with Crippen molar-refractivity contribution >= 4 is 21.7 Å². The first-order valence-corrected chi connectivity index (χ1v) is 4.02. The lowest BCUT2D eigenvalue weighted by Gasteiger charge is -2.22. The molecular weight excluding hydrogens is 168 g/mol. The van der Waals surface area contributed by atoms with E-state index >= 15 is 0 Å². The number of carbonyl (C=O) groups excluding carboxylic acids is 1. The van der Waals surface area contributed by atoms with E-state index in [0.717, 1.165) is 18.2 Å². The minimum atomic E-state index is 0.441. The van der Waals surface area contributed by atoms with Gasteiger partial charge in [-0.05, 0) is 12.3 Å². The third kappa shape index (κ3) is 1.31. The van der Waals surface area contributed by atoms with Gasteiger partial charge in [0.1, 0.15) is 5.78 Å². The fraction of sp³-hybridized carbons (Fsp3) is 0.833. The minimum Gasteiger partial charge on any atom is -0.300 e. The van der Waals surface area contributed by atoms with Crippen LogP contribution in [0.3, 0.4) is 0 Å². The zero-order valence-electron chi connectivity index (χ0n) is 4.69. The molecule has 1 rings (SSSR count). The summed E-state index contributed by atoms with van der Waals surface area (Å²) in [6.45, 7) is 0. The van der Waals surface area contributed by atoms with Crippen LogP contribution in [0.1, 0.15) is 19.3 Å². The molecule has 0 bridgehead atoms. The first kappa shape index (κ1) is 6.27. The summed E-state index contributed by atoms with van der Waals surface area (Å²) in [5.41, 5.74) is 0. The summed E-state index contributed by atoms with van der Waals surface area (Å²) in [4.78, 5) is 10.4. The van der Waals surface area contributed by atoms with Gasteiger partial charge in [0.2, 0.25) is 0 Å². The molecule has 1 saturated carbocycles. The van der Waals surface area contributed by atoms with Crippen LogP contribution < -0.4 is 0 Å². The van der Waals surface area contributed by atoms with E-state index in [1.807, 2.05) is 0 Å². The highest BCUT2D eigenvalue weighted by molar-refractivity contribution is 9.09. The quantitative estimate of drug-likeness (QED) is 0.587. The van der Waals surface area contributed by atoms with Crippen LogP contribution in [-0.4, -0.2) is 11.1 Å². The van der Waals surface area contributed by atoms with Crippen LogP contribution in [0.25, 0.3) is 0 Å². The topological polar surface area (TPSA) is 17.1 Å². The van der Waals surface area contributed by atoms with Crippen molar-refractivity contribution in [2.24, 2.45) is 5.92 Å². The van der Waals surface area contributed by atoms with E-state index in [0.29, 0.717) is 11.7 Å². The normalized spacial score (nSPS) is 20.9. The number of ketones is 1. The average molecular weight is 177 g/mol. The van der Waals surface area contributed by atoms with Gasteiger partial charge >= 0.3 is 0 Å².